The summed E-state index contributed by atoms with van der Waals surface area (Å²) in [5, 5.41) is 12.6. The van der Waals surface area contributed by atoms with E-state index < -0.39 is 12.0 Å². The van der Waals surface area contributed by atoms with Crippen molar-refractivity contribution in [1.82, 2.24) is 5.32 Å². The molecule has 0 aromatic heterocycles. The zero-order valence-corrected chi connectivity index (χ0v) is 12.2. The predicted molar refractivity (Wildman–Crippen MR) is 80.7 cm³/mol. The maximum atomic E-state index is 11.4. The Kier molecular flexibility index (Phi) is 5.60. The fourth-order valence-corrected chi connectivity index (χ4v) is 2.94. The van der Waals surface area contributed by atoms with Crippen molar-refractivity contribution < 1.29 is 9.90 Å². The summed E-state index contributed by atoms with van der Waals surface area (Å²) in [7, 11) is 0. The van der Waals surface area contributed by atoms with Gasteiger partial charge in [0.1, 0.15) is 6.04 Å². The molecule has 1 atom stereocenters. The van der Waals surface area contributed by atoms with Gasteiger partial charge in [-0.05, 0) is 43.2 Å². The van der Waals surface area contributed by atoms with E-state index in [2.05, 4.69) is 12.2 Å². The van der Waals surface area contributed by atoms with Gasteiger partial charge in [0.05, 0.1) is 0 Å². The van der Waals surface area contributed by atoms with Crippen molar-refractivity contribution in [2.24, 2.45) is 11.8 Å². The molecule has 0 radical (unpaired) electrons. The fourth-order valence-electron chi connectivity index (χ4n) is 2.94. The summed E-state index contributed by atoms with van der Waals surface area (Å²) in [6, 6.07) is 9.36. The van der Waals surface area contributed by atoms with Crippen molar-refractivity contribution in [3.05, 3.63) is 35.9 Å². The van der Waals surface area contributed by atoms with E-state index in [0.29, 0.717) is 12.3 Å². The van der Waals surface area contributed by atoms with Gasteiger partial charge >= 0.3 is 5.97 Å². The van der Waals surface area contributed by atoms with Crippen LogP contribution in [0.5, 0.6) is 0 Å². The number of hydrogen-bond donors (Lipinski definition) is 2. The SMILES string of the molecule is CC1CCC(CN[C@H](Cc2ccccc2)C(=O)O)CC1. The molecule has 0 amide bonds. The first-order chi connectivity index (χ1) is 9.65. The van der Waals surface area contributed by atoms with Gasteiger partial charge in [-0.25, -0.2) is 0 Å². The Morgan fingerprint density at radius 1 is 1.25 bits per heavy atom. The largest absolute Gasteiger partial charge is 0.480 e. The summed E-state index contributed by atoms with van der Waals surface area (Å²) in [4.78, 5) is 11.4. The Morgan fingerprint density at radius 3 is 2.50 bits per heavy atom. The molecule has 0 heterocycles. The molecule has 1 fully saturated rings. The number of carbonyl (C=O) groups is 1. The van der Waals surface area contributed by atoms with Crippen molar-refractivity contribution in [3.8, 4) is 0 Å². The van der Waals surface area contributed by atoms with Crippen LogP contribution < -0.4 is 5.32 Å². The quantitative estimate of drug-likeness (QED) is 0.838. The van der Waals surface area contributed by atoms with Gasteiger partial charge in [-0.1, -0.05) is 50.1 Å². The van der Waals surface area contributed by atoms with Gasteiger partial charge in [0.2, 0.25) is 0 Å². The summed E-state index contributed by atoms with van der Waals surface area (Å²) in [6.45, 7) is 3.13. The fraction of sp³-hybridized carbons (Fsp3) is 0.588. The number of hydrogen-bond acceptors (Lipinski definition) is 2. The molecule has 3 heteroatoms. The molecule has 0 aliphatic heterocycles. The molecule has 1 aliphatic carbocycles. The lowest BCUT2D eigenvalue weighted by molar-refractivity contribution is -0.139. The Balaban J connectivity index is 1.82. The minimum Gasteiger partial charge on any atom is -0.480 e. The van der Waals surface area contributed by atoms with Crippen LogP contribution in [0, 0.1) is 11.8 Å². The van der Waals surface area contributed by atoms with E-state index >= 15 is 0 Å². The van der Waals surface area contributed by atoms with E-state index in [1.807, 2.05) is 30.3 Å². The molecule has 0 bridgehead atoms. The van der Waals surface area contributed by atoms with Crippen LogP contribution in [0.2, 0.25) is 0 Å². The topological polar surface area (TPSA) is 49.3 Å². The third-order valence-corrected chi connectivity index (χ3v) is 4.37. The smallest absolute Gasteiger partial charge is 0.321 e. The molecule has 20 heavy (non-hydrogen) atoms. The molecule has 0 unspecified atom stereocenters. The highest BCUT2D eigenvalue weighted by molar-refractivity contribution is 5.73. The highest BCUT2D eigenvalue weighted by atomic mass is 16.4. The summed E-state index contributed by atoms with van der Waals surface area (Å²) in [6.07, 6.45) is 5.57. The Hall–Kier alpha value is -1.35. The van der Waals surface area contributed by atoms with Gasteiger partial charge < -0.3 is 10.4 Å². The maximum Gasteiger partial charge on any atom is 0.321 e. The van der Waals surface area contributed by atoms with E-state index in [1.54, 1.807) is 0 Å². The minimum atomic E-state index is -0.752. The summed E-state index contributed by atoms with van der Waals surface area (Å²) < 4.78 is 0. The zero-order valence-electron chi connectivity index (χ0n) is 12.2. The molecular weight excluding hydrogens is 250 g/mol. The summed E-state index contributed by atoms with van der Waals surface area (Å²) in [5.41, 5.74) is 1.07. The highest BCUT2D eigenvalue weighted by Gasteiger charge is 2.22. The molecule has 2 N–H and O–H groups in total. The average molecular weight is 275 g/mol. The normalized spacial score (nSPS) is 24.2. The molecule has 1 aromatic carbocycles. The first kappa shape index (κ1) is 15.0. The van der Waals surface area contributed by atoms with Gasteiger partial charge in [0.25, 0.3) is 0 Å². The van der Waals surface area contributed by atoms with E-state index in [9.17, 15) is 9.90 Å². The van der Waals surface area contributed by atoms with Crippen molar-refractivity contribution in [2.75, 3.05) is 6.54 Å². The first-order valence-corrected chi connectivity index (χ1v) is 7.65. The van der Waals surface area contributed by atoms with Crippen LogP contribution >= 0.6 is 0 Å². The molecule has 0 saturated heterocycles. The monoisotopic (exact) mass is 275 g/mol. The lowest BCUT2D eigenvalue weighted by Crippen LogP contribution is -2.41. The van der Waals surface area contributed by atoms with Gasteiger partial charge in [-0.2, -0.15) is 0 Å². The van der Waals surface area contributed by atoms with E-state index in [-0.39, 0.29) is 0 Å². The standard InChI is InChI=1S/C17H25NO2/c1-13-7-9-15(10-8-13)12-18-16(17(19)20)11-14-5-3-2-4-6-14/h2-6,13,15-16,18H,7-12H2,1H3,(H,19,20)/t13?,15?,16-/m1/s1. The summed E-state index contributed by atoms with van der Waals surface area (Å²) >= 11 is 0. The number of carboxylic acids is 1. The lowest BCUT2D eigenvalue weighted by Gasteiger charge is -2.27. The van der Waals surface area contributed by atoms with Crippen LogP contribution in [-0.2, 0) is 11.2 Å². The molecule has 1 aliphatic rings. The van der Waals surface area contributed by atoms with Crippen LogP contribution in [0.25, 0.3) is 0 Å². The van der Waals surface area contributed by atoms with Crippen molar-refractivity contribution in [3.63, 3.8) is 0 Å². The van der Waals surface area contributed by atoms with Crippen LogP contribution in [0.1, 0.15) is 38.2 Å². The molecule has 1 saturated carbocycles. The number of carboxylic acid groups (broad SMARTS) is 1. The highest BCUT2D eigenvalue weighted by Crippen LogP contribution is 2.27. The average Bonchev–Trinajstić information content (AvgIpc) is 2.46. The van der Waals surface area contributed by atoms with Crippen LogP contribution in [-0.4, -0.2) is 23.7 Å². The lowest BCUT2D eigenvalue weighted by atomic mass is 9.83. The maximum absolute atomic E-state index is 11.4. The molecule has 3 nitrogen and oxygen atoms in total. The first-order valence-electron chi connectivity index (χ1n) is 7.65. The van der Waals surface area contributed by atoms with E-state index in [1.165, 1.54) is 25.7 Å². The Bertz CT molecular complexity index is 410. The van der Waals surface area contributed by atoms with E-state index in [0.717, 1.165) is 18.0 Å². The number of benzene rings is 1. The van der Waals surface area contributed by atoms with Crippen molar-refractivity contribution >= 4 is 5.97 Å². The third kappa shape index (κ3) is 4.64. The molecule has 110 valence electrons. The van der Waals surface area contributed by atoms with Crippen molar-refractivity contribution in [1.29, 1.82) is 0 Å². The Morgan fingerprint density at radius 2 is 1.90 bits per heavy atom. The second-order valence-electron chi connectivity index (χ2n) is 6.11. The zero-order chi connectivity index (χ0) is 14.4. The molecule has 0 spiro atoms. The van der Waals surface area contributed by atoms with Crippen LogP contribution in [0.3, 0.4) is 0 Å². The number of nitrogens with one attached hydrogen (secondary N) is 1. The van der Waals surface area contributed by atoms with E-state index in [4.69, 9.17) is 0 Å². The third-order valence-electron chi connectivity index (χ3n) is 4.37. The van der Waals surface area contributed by atoms with Crippen LogP contribution in [0.4, 0.5) is 0 Å². The molecular formula is C17H25NO2. The molecule has 2 rings (SSSR count). The Labute approximate surface area is 121 Å². The van der Waals surface area contributed by atoms with Gasteiger partial charge in [-0.3, -0.25) is 4.79 Å². The van der Waals surface area contributed by atoms with Crippen molar-refractivity contribution in [2.45, 2.75) is 45.1 Å². The van der Waals surface area contributed by atoms with Crippen LogP contribution in [0.15, 0.2) is 30.3 Å². The van der Waals surface area contributed by atoms with Gasteiger partial charge in [-0.15, -0.1) is 0 Å². The second-order valence-corrected chi connectivity index (χ2v) is 6.11. The predicted octanol–water partition coefficient (Wildman–Crippen LogP) is 3.10. The second kappa shape index (κ2) is 7.44. The molecule has 1 aromatic rings. The van der Waals surface area contributed by atoms with Gasteiger partial charge in [0, 0.05) is 0 Å². The number of rotatable bonds is 6. The van der Waals surface area contributed by atoms with Gasteiger partial charge in [0.15, 0.2) is 0 Å². The number of aliphatic carboxylic acids is 1. The summed E-state index contributed by atoms with van der Waals surface area (Å²) in [5.74, 6) is 0.729. The minimum absolute atomic E-state index is 0.475.